The van der Waals surface area contributed by atoms with Crippen LogP contribution in [0, 0.1) is 5.82 Å². The lowest BCUT2D eigenvalue weighted by molar-refractivity contribution is -0.139. The minimum Gasteiger partial charge on any atom is -0.497 e. The van der Waals surface area contributed by atoms with Crippen molar-refractivity contribution in [3.63, 3.8) is 0 Å². The molecule has 1 aliphatic rings. The lowest BCUT2D eigenvalue weighted by Crippen LogP contribution is -2.39. The number of thiazole rings is 1. The third kappa shape index (κ3) is 4.24. The zero-order chi connectivity index (χ0) is 23.7. The molecule has 33 heavy (non-hydrogen) atoms. The summed E-state index contributed by atoms with van der Waals surface area (Å²) in [5.41, 5.74) is 1.11. The number of methoxy groups -OCH3 is 1. The summed E-state index contributed by atoms with van der Waals surface area (Å²) in [7, 11) is 1.56. The van der Waals surface area contributed by atoms with Gasteiger partial charge < -0.3 is 9.47 Å². The fourth-order valence-electron chi connectivity index (χ4n) is 3.67. The van der Waals surface area contributed by atoms with E-state index in [0.717, 1.165) is 11.3 Å². The van der Waals surface area contributed by atoms with Crippen molar-refractivity contribution in [1.82, 2.24) is 4.57 Å². The molecule has 1 aromatic heterocycles. The quantitative estimate of drug-likeness (QED) is 0.517. The molecule has 0 spiro atoms. The van der Waals surface area contributed by atoms with Gasteiger partial charge in [-0.15, -0.1) is 0 Å². The van der Waals surface area contributed by atoms with E-state index in [4.69, 9.17) is 21.1 Å². The zero-order valence-electron chi connectivity index (χ0n) is 18.1. The second kappa shape index (κ2) is 9.33. The third-order valence-electron chi connectivity index (χ3n) is 5.22. The first kappa shape index (κ1) is 22.9. The fourth-order valence-corrected chi connectivity index (χ4v) is 4.92. The first-order valence-corrected chi connectivity index (χ1v) is 11.3. The smallest absolute Gasteiger partial charge is 0.338 e. The lowest BCUT2D eigenvalue weighted by Gasteiger charge is -2.24. The van der Waals surface area contributed by atoms with Gasteiger partial charge >= 0.3 is 5.97 Å². The molecule has 2 aromatic carbocycles. The van der Waals surface area contributed by atoms with Crippen molar-refractivity contribution in [3.05, 3.63) is 95.4 Å². The van der Waals surface area contributed by atoms with Gasteiger partial charge in [0, 0.05) is 5.56 Å². The monoisotopic (exact) mass is 486 g/mol. The number of hydrogen-bond acceptors (Lipinski definition) is 6. The first-order chi connectivity index (χ1) is 15.8. The molecule has 4 rings (SSSR count). The number of fused-ring (bicyclic) bond motifs is 1. The fraction of sp³-hybridized carbons (Fsp3) is 0.208. The number of rotatable bonds is 5. The second-order valence-corrected chi connectivity index (χ2v) is 8.63. The van der Waals surface area contributed by atoms with Gasteiger partial charge in [-0.1, -0.05) is 41.1 Å². The number of ether oxygens (including phenoxy) is 2. The highest BCUT2D eigenvalue weighted by Crippen LogP contribution is 2.31. The summed E-state index contributed by atoms with van der Waals surface area (Å²) in [5.74, 6) is -0.451. The molecule has 0 fully saturated rings. The molecular weight excluding hydrogens is 467 g/mol. The van der Waals surface area contributed by atoms with Crippen molar-refractivity contribution in [2.24, 2.45) is 4.99 Å². The maximum absolute atomic E-state index is 14.4. The molecule has 6 nitrogen and oxygen atoms in total. The van der Waals surface area contributed by atoms with E-state index in [1.807, 2.05) is 0 Å². The largest absolute Gasteiger partial charge is 0.497 e. The molecule has 0 bridgehead atoms. The van der Waals surface area contributed by atoms with E-state index in [2.05, 4.69) is 4.99 Å². The summed E-state index contributed by atoms with van der Waals surface area (Å²) in [6, 6.07) is 10.6. The van der Waals surface area contributed by atoms with E-state index in [1.54, 1.807) is 51.3 Å². The Balaban J connectivity index is 1.97. The van der Waals surface area contributed by atoms with E-state index in [-0.39, 0.29) is 27.3 Å². The van der Waals surface area contributed by atoms with Crippen molar-refractivity contribution in [1.29, 1.82) is 0 Å². The predicted octanol–water partition coefficient (Wildman–Crippen LogP) is 3.60. The van der Waals surface area contributed by atoms with Crippen molar-refractivity contribution < 1.29 is 18.7 Å². The number of halogens is 2. The van der Waals surface area contributed by atoms with Crippen LogP contribution in [0.3, 0.4) is 0 Å². The van der Waals surface area contributed by atoms with Gasteiger partial charge in [-0.05, 0) is 49.8 Å². The SMILES string of the molecule is CCOC(=O)C1=C(C)N=c2s/c(=C/c3c(F)cccc3Cl)c(=O)n2[C@@H]1c1ccc(OC)cc1. The van der Waals surface area contributed by atoms with E-state index in [0.29, 0.717) is 21.8 Å². The van der Waals surface area contributed by atoms with E-state index in [1.165, 1.54) is 22.8 Å². The van der Waals surface area contributed by atoms with Crippen LogP contribution in [0.25, 0.3) is 6.08 Å². The molecule has 0 unspecified atom stereocenters. The Hall–Kier alpha value is -3.23. The summed E-state index contributed by atoms with van der Waals surface area (Å²) in [5, 5.41) is 0.191. The van der Waals surface area contributed by atoms with Crippen molar-refractivity contribution >= 4 is 35.0 Å². The van der Waals surface area contributed by atoms with Crippen LogP contribution in [-0.4, -0.2) is 24.3 Å². The molecule has 9 heteroatoms. The van der Waals surface area contributed by atoms with Gasteiger partial charge in [0.25, 0.3) is 5.56 Å². The van der Waals surface area contributed by atoms with Crippen LogP contribution in [0.5, 0.6) is 5.75 Å². The topological polar surface area (TPSA) is 69.9 Å². The summed E-state index contributed by atoms with van der Waals surface area (Å²) >= 11 is 7.26. The molecule has 0 aliphatic carbocycles. The van der Waals surface area contributed by atoms with Crippen LogP contribution in [0.2, 0.25) is 5.02 Å². The highest BCUT2D eigenvalue weighted by Gasteiger charge is 2.33. The molecule has 0 radical (unpaired) electrons. The highest BCUT2D eigenvalue weighted by molar-refractivity contribution is 7.07. The van der Waals surface area contributed by atoms with Gasteiger partial charge in [-0.25, -0.2) is 14.2 Å². The third-order valence-corrected chi connectivity index (χ3v) is 6.54. The number of allylic oxidation sites excluding steroid dienone is 1. The summed E-state index contributed by atoms with van der Waals surface area (Å²) in [6.45, 7) is 3.60. The summed E-state index contributed by atoms with van der Waals surface area (Å²) < 4.78 is 26.5. The van der Waals surface area contributed by atoms with Gasteiger partial charge in [0.05, 0.1) is 40.6 Å². The Kier molecular flexibility index (Phi) is 6.49. The minimum absolute atomic E-state index is 0.117. The van der Waals surface area contributed by atoms with Gasteiger partial charge in [0.1, 0.15) is 11.6 Å². The standard InChI is InChI=1S/C24H20ClFN2O4S/c1-4-32-23(30)20-13(2)27-24-28(21(20)14-8-10-15(31-3)11-9-14)22(29)19(33-24)12-16-17(25)6-5-7-18(16)26/h5-12,21H,4H2,1-3H3/b19-12+/t21-/m1/s1. The van der Waals surface area contributed by atoms with Gasteiger partial charge in [0.15, 0.2) is 4.80 Å². The van der Waals surface area contributed by atoms with Gasteiger partial charge in [-0.3, -0.25) is 9.36 Å². The molecule has 0 saturated heterocycles. The molecule has 1 atom stereocenters. The summed E-state index contributed by atoms with van der Waals surface area (Å²) in [6.07, 6.45) is 1.41. The Bertz CT molecular complexity index is 1420. The molecule has 170 valence electrons. The number of carbonyl (C=O) groups is 1. The molecule has 0 amide bonds. The van der Waals surface area contributed by atoms with Crippen molar-refractivity contribution in [2.45, 2.75) is 19.9 Å². The van der Waals surface area contributed by atoms with Gasteiger partial charge in [0.2, 0.25) is 0 Å². The van der Waals surface area contributed by atoms with E-state index < -0.39 is 23.4 Å². The van der Waals surface area contributed by atoms with Crippen molar-refractivity contribution in [3.8, 4) is 5.75 Å². The number of esters is 1. The second-order valence-electron chi connectivity index (χ2n) is 7.21. The van der Waals surface area contributed by atoms with Crippen LogP contribution in [0.15, 0.2) is 63.5 Å². The lowest BCUT2D eigenvalue weighted by atomic mass is 9.96. The molecule has 0 N–H and O–H groups in total. The Morgan fingerprint density at radius 2 is 2.00 bits per heavy atom. The predicted molar refractivity (Wildman–Crippen MR) is 125 cm³/mol. The minimum atomic E-state index is -0.760. The number of carbonyl (C=O) groups excluding carboxylic acids is 1. The molecule has 2 heterocycles. The van der Waals surface area contributed by atoms with Crippen LogP contribution >= 0.6 is 22.9 Å². The van der Waals surface area contributed by atoms with E-state index in [9.17, 15) is 14.0 Å². The van der Waals surface area contributed by atoms with Crippen LogP contribution < -0.4 is 19.6 Å². The summed E-state index contributed by atoms with van der Waals surface area (Å²) in [4.78, 5) is 31.3. The molecule has 1 aliphatic heterocycles. The maximum atomic E-state index is 14.4. The highest BCUT2D eigenvalue weighted by atomic mass is 35.5. The number of hydrogen-bond donors (Lipinski definition) is 0. The van der Waals surface area contributed by atoms with Crippen LogP contribution in [-0.2, 0) is 9.53 Å². The Morgan fingerprint density at radius 1 is 1.27 bits per heavy atom. The van der Waals surface area contributed by atoms with Crippen LogP contribution in [0.4, 0.5) is 4.39 Å². The van der Waals surface area contributed by atoms with Gasteiger partial charge in [-0.2, -0.15) is 0 Å². The Morgan fingerprint density at radius 3 is 2.64 bits per heavy atom. The normalized spacial score (nSPS) is 15.8. The zero-order valence-corrected chi connectivity index (χ0v) is 19.7. The van der Waals surface area contributed by atoms with E-state index >= 15 is 0 Å². The van der Waals surface area contributed by atoms with Crippen molar-refractivity contribution in [2.75, 3.05) is 13.7 Å². The number of aromatic nitrogens is 1. The first-order valence-electron chi connectivity index (χ1n) is 10.1. The maximum Gasteiger partial charge on any atom is 0.338 e. The molecule has 3 aromatic rings. The average molecular weight is 487 g/mol. The number of nitrogens with zero attached hydrogens (tertiary/aromatic N) is 2. The molecule has 0 saturated carbocycles. The Labute approximate surface area is 197 Å². The van der Waals surface area contributed by atoms with Crippen LogP contribution in [0.1, 0.15) is 31.0 Å². The molecular formula is C24H20ClFN2O4S. The average Bonchev–Trinajstić information content (AvgIpc) is 3.10. The number of benzene rings is 2.